The molecule has 11 nitrogen and oxygen atoms in total. The van der Waals surface area contributed by atoms with Gasteiger partial charge in [0.05, 0.1) is 12.1 Å². The second-order valence-corrected chi connectivity index (χ2v) is 15.6. The van der Waals surface area contributed by atoms with E-state index in [9.17, 15) is 29.4 Å². The number of phenolic OH excluding ortho intramolecular Hbond substituents is 1. The monoisotopic (exact) mass is 763 g/mol. The first kappa shape index (κ1) is 43.2. The zero-order valence-corrected chi connectivity index (χ0v) is 33.0. The van der Waals surface area contributed by atoms with E-state index in [1.54, 1.807) is 24.3 Å². The van der Waals surface area contributed by atoms with Gasteiger partial charge in [-0.2, -0.15) is 0 Å². The summed E-state index contributed by atoms with van der Waals surface area (Å²) in [5, 5.41) is 36.7. The maximum atomic E-state index is 14.3. The van der Waals surface area contributed by atoms with Crippen molar-refractivity contribution in [2.75, 3.05) is 0 Å². The number of aliphatic hydroxyl groups is 1. The highest BCUT2D eigenvalue weighted by Gasteiger charge is 2.39. The second kappa shape index (κ2) is 21.0. The summed E-state index contributed by atoms with van der Waals surface area (Å²) in [6, 6.07) is 30.6. The van der Waals surface area contributed by atoms with Gasteiger partial charge in [0.15, 0.2) is 0 Å². The number of aliphatic hydroxyl groups excluding tert-OH is 1. The van der Waals surface area contributed by atoms with Crippen molar-refractivity contribution in [3.63, 3.8) is 0 Å². The Bertz CT molecular complexity index is 1830. The van der Waals surface area contributed by atoms with Gasteiger partial charge in [-0.15, -0.1) is 0 Å². The lowest BCUT2D eigenvalue weighted by molar-refractivity contribution is -0.135. The van der Waals surface area contributed by atoms with Crippen LogP contribution in [0.5, 0.6) is 5.75 Å². The van der Waals surface area contributed by atoms with Crippen molar-refractivity contribution in [2.24, 2.45) is 11.3 Å². The van der Waals surface area contributed by atoms with Crippen LogP contribution in [0.25, 0.3) is 0 Å². The van der Waals surface area contributed by atoms with Gasteiger partial charge < -0.3 is 31.5 Å². The van der Waals surface area contributed by atoms with Crippen LogP contribution < -0.4 is 26.6 Å². The number of hydrogen-bond donors (Lipinski definition) is 7. The number of aryl methyl sites for hydroxylation is 1. The summed E-state index contributed by atoms with van der Waals surface area (Å²) in [5.74, 6) is -1.97. The van der Waals surface area contributed by atoms with E-state index in [-0.39, 0.29) is 49.4 Å². The van der Waals surface area contributed by atoms with E-state index < -0.39 is 47.5 Å². The number of rotatable bonds is 19. The van der Waals surface area contributed by atoms with Gasteiger partial charge in [0, 0.05) is 19.5 Å². The van der Waals surface area contributed by atoms with Crippen molar-refractivity contribution >= 4 is 23.6 Å². The van der Waals surface area contributed by atoms with E-state index in [1.165, 1.54) is 0 Å². The number of aromatic hydroxyl groups is 1. The highest BCUT2D eigenvalue weighted by Crippen LogP contribution is 2.21. The van der Waals surface area contributed by atoms with Crippen molar-refractivity contribution in [2.45, 2.75) is 97.2 Å². The average Bonchev–Trinajstić information content (AvgIpc) is 3.18. The molecule has 56 heavy (non-hydrogen) atoms. The van der Waals surface area contributed by atoms with Crippen LogP contribution in [0.15, 0.2) is 115 Å². The van der Waals surface area contributed by atoms with E-state index in [0.29, 0.717) is 6.42 Å². The topological polar surface area (TPSA) is 169 Å². The molecule has 4 aromatic rings. The third-order valence-electron chi connectivity index (χ3n) is 9.60. The molecule has 0 aliphatic heterocycles. The van der Waals surface area contributed by atoms with Crippen LogP contribution in [-0.4, -0.2) is 64.1 Å². The Hall–Kier alpha value is -5.52. The van der Waals surface area contributed by atoms with Gasteiger partial charge in [0.2, 0.25) is 23.6 Å². The summed E-state index contributed by atoms with van der Waals surface area (Å²) in [6.07, 6.45) is -0.788. The largest absolute Gasteiger partial charge is 0.508 e. The standard InChI is InChI=1S/C45H57N5O6/c1-30(2)38(42(54)47-29-34-19-13-8-14-20-34)50-43(55)39(46-28-33-17-11-7-12-18-33)40(53)36(27-32-15-9-6-10-16-32)48-44(56)41(45(3,4)5)49-37(52)26-23-31-21-24-35(51)25-22-31/h6-22,24-25,30,36,38-41,46,51,53H,23,26-29H2,1-5H3,(H,47,54)(H,48,56)(H,49,52)(H,50,55)/t36-,38-,39+,40+,41+/m0/s1. The van der Waals surface area contributed by atoms with Crippen LogP contribution in [0.3, 0.4) is 0 Å². The van der Waals surface area contributed by atoms with Crippen LogP contribution in [0, 0.1) is 11.3 Å². The number of benzene rings is 4. The molecule has 0 radical (unpaired) electrons. The molecule has 0 aliphatic rings. The Balaban J connectivity index is 1.58. The van der Waals surface area contributed by atoms with Gasteiger partial charge in [-0.25, -0.2) is 0 Å². The molecule has 0 fully saturated rings. The maximum Gasteiger partial charge on any atom is 0.243 e. The van der Waals surface area contributed by atoms with Crippen molar-refractivity contribution in [3.8, 4) is 5.75 Å². The van der Waals surface area contributed by atoms with Crippen LogP contribution in [0.1, 0.15) is 63.3 Å². The molecule has 0 bridgehead atoms. The zero-order chi connectivity index (χ0) is 40.7. The minimum atomic E-state index is -1.48. The lowest BCUT2D eigenvalue weighted by Gasteiger charge is -2.35. The Labute approximate surface area is 330 Å². The molecule has 11 heteroatoms. The third-order valence-corrected chi connectivity index (χ3v) is 9.60. The fourth-order valence-corrected chi connectivity index (χ4v) is 6.32. The molecule has 0 saturated carbocycles. The molecule has 0 aromatic heterocycles. The minimum absolute atomic E-state index is 0.113. The average molecular weight is 764 g/mol. The summed E-state index contributed by atoms with van der Waals surface area (Å²) in [4.78, 5) is 55.2. The van der Waals surface area contributed by atoms with Crippen LogP contribution in [-0.2, 0) is 45.1 Å². The summed E-state index contributed by atoms with van der Waals surface area (Å²) < 4.78 is 0. The molecule has 0 heterocycles. The van der Waals surface area contributed by atoms with Crippen molar-refractivity contribution in [3.05, 3.63) is 138 Å². The molecule has 298 valence electrons. The Morgan fingerprint density at radius 1 is 0.607 bits per heavy atom. The lowest BCUT2D eigenvalue weighted by atomic mass is 9.85. The fourth-order valence-electron chi connectivity index (χ4n) is 6.32. The maximum absolute atomic E-state index is 14.3. The van der Waals surface area contributed by atoms with Crippen molar-refractivity contribution in [1.82, 2.24) is 26.6 Å². The van der Waals surface area contributed by atoms with Gasteiger partial charge in [-0.3, -0.25) is 24.5 Å². The van der Waals surface area contributed by atoms with Gasteiger partial charge in [-0.05, 0) is 58.6 Å². The Kier molecular flexibility index (Phi) is 16.2. The quantitative estimate of drug-likeness (QED) is 0.0735. The summed E-state index contributed by atoms with van der Waals surface area (Å²) in [7, 11) is 0. The van der Waals surface area contributed by atoms with Crippen LogP contribution in [0.4, 0.5) is 0 Å². The number of amides is 4. The van der Waals surface area contributed by atoms with Crippen LogP contribution in [0.2, 0.25) is 0 Å². The van der Waals surface area contributed by atoms with Crippen LogP contribution >= 0.6 is 0 Å². The SMILES string of the molecule is CC(C)[C@H](NC(=O)[C@H](NCc1ccccc1)[C@H](O)[C@H](Cc1ccccc1)NC(=O)[C@@H](NC(=O)CCc1ccc(O)cc1)C(C)(C)C)C(=O)NCc1ccccc1. The third kappa shape index (κ3) is 13.6. The summed E-state index contributed by atoms with van der Waals surface area (Å²) in [6.45, 7) is 9.69. The lowest BCUT2D eigenvalue weighted by Crippen LogP contribution is -2.63. The fraction of sp³-hybridized carbons (Fsp3) is 0.378. The van der Waals surface area contributed by atoms with Gasteiger partial charge in [0.1, 0.15) is 23.9 Å². The molecule has 5 atom stereocenters. The number of hydrogen-bond acceptors (Lipinski definition) is 7. The normalized spacial score (nSPS) is 14.1. The number of nitrogens with one attached hydrogen (secondary N) is 5. The molecule has 4 aromatic carbocycles. The van der Waals surface area contributed by atoms with Gasteiger partial charge in [0.25, 0.3) is 0 Å². The predicted octanol–water partition coefficient (Wildman–Crippen LogP) is 4.56. The van der Waals surface area contributed by atoms with E-state index >= 15 is 0 Å². The van der Waals surface area contributed by atoms with E-state index in [4.69, 9.17) is 0 Å². The Morgan fingerprint density at radius 2 is 1.14 bits per heavy atom. The minimum Gasteiger partial charge on any atom is -0.508 e. The molecule has 0 saturated heterocycles. The highest BCUT2D eigenvalue weighted by molar-refractivity contribution is 5.91. The highest BCUT2D eigenvalue weighted by atomic mass is 16.3. The first-order valence-electron chi connectivity index (χ1n) is 19.2. The van der Waals surface area contributed by atoms with E-state index in [2.05, 4.69) is 26.6 Å². The zero-order valence-electron chi connectivity index (χ0n) is 33.0. The summed E-state index contributed by atoms with van der Waals surface area (Å²) >= 11 is 0. The molecule has 4 amide bonds. The molecule has 7 N–H and O–H groups in total. The van der Waals surface area contributed by atoms with Crippen molar-refractivity contribution in [1.29, 1.82) is 0 Å². The number of carbonyl (C=O) groups excluding carboxylic acids is 4. The molecular weight excluding hydrogens is 707 g/mol. The number of carbonyl (C=O) groups is 4. The summed E-state index contributed by atoms with van der Waals surface area (Å²) in [5.41, 5.74) is 2.73. The van der Waals surface area contributed by atoms with Gasteiger partial charge in [-0.1, -0.05) is 138 Å². The number of phenols is 1. The van der Waals surface area contributed by atoms with Gasteiger partial charge >= 0.3 is 0 Å². The first-order valence-corrected chi connectivity index (χ1v) is 19.2. The second-order valence-electron chi connectivity index (χ2n) is 15.6. The Morgan fingerprint density at radius 3 is 1.68 bits per heavy atom. The molecule has 4 rings (SSSR count). The molecule has 0 spiro atoms. The smallest absolute Gasteiger partial charge is 0.243 e. The van der Waals surface area contributed by atoms with E-state index in [1.807, 2.05) is 126 Å². The molecule has 0 unspecified atom stereocenters. The molecular formula is C45H57N5O6. The molecule has 0 aliphatic carbocycles. The first-order chi connectivity index (χ1) is 26.7. The predicted molar refractivity (Wildman–Crippen MR) is 218 cm³/mol. The van der Waals surface area contributed by atoms with E-state index in [0.717, 1.165) is 22.3 Å². The van der Waals surface area contributed by atoms with Crippen molar-refractivity contribution < 1.29 is 29.4 Å².